The van der Waals surface area contributed by atoms with Gasteiger partial charge in [0.05, 0.1) is 6.20 Å². The molecule has 0 fully saturated rings. The van der Waals surface area contributed by atoms with E-state index in [1.807, 2.05) is 6.92 Å². The van der Waals surface area contributed by atoms with Crippen LogP contribution in [0.2, 0.25) is 0 Å². The lowest BCUT2D eigenvalue weighted by Gasteiger charge is -1.96. The molecule has 66 valence electrons. The molecule has 2 rings (SSSR count). The van der Waals surface area contributed by atoms with Crippen molar-refractivity contribution in [3.63, 3.8) is 0 Å². The van der Waals surface area contributed by atoms with Crippen LogP contribution in [0.25, 0.3) is 10.9 Å². The molecule has 5 heteroatoms. The topological polar surface area (TPSA) is 70.7 Å². The maximum Gasteiger partial charge on any atom is 0.212 e. The van der Waals surface area contributed by atoms with Crippen molar-refractivity contribution in [1.29, 1.82) is 0 Å². The van der Waals surface area contributed by atoms with Crippen LogP contribution in [0.4, 0.5) is 5.82 Å². The van der Waals surface area contributed by atoms with Gasteiger partial charge in [0.25, 0.3) is 0 Å². The number of amides is 1. The molecule has 0 aromatic carbocycles. The maximum absolute atomic E-state index is 10.2. The van der Waals surface area contributed by atoms with Gasteiger partial charge < -0.3 is 5.32 Å². The van der Waals surface area contributed by atoms with Crippen molar-refractivity contribution >= 4 is 23.1 Å². The SMILES string of the molecule is Cc1[nH]nc2cnc(NC=O)cc12. The molecule has 1 amide bonds. The van der Waals surface area contributed by atoms with Crippen LogP contribution < -0.4 is 5.32 Å². The first-order valence-corrected chi connectivity index (χ1v) is 3.82. The van der Waals surface area contributed by atoms with E-state index in [0.717, 1.165) is 16.6 Å². The third kappa shape index (κ3) is 1.24. The summed E-state index contributed by atoms with van der Waals surface area (Å²) in [6.45, 7) is 1.92. The summed E-state index contributed by atoms with van der Waals surface area (Å²) >= 11 is 0. The van der Waals surface area contributed by atoms with E-state index in [0.29, 0.717) is 12.2 Å². The molecule has 0 unspecified atom stereocenters. The minimum atomic E-state index is 0.534. The second-order valence-electron chi connectivity index (χ2n) is 2.70. The first-order chi connectivity index (χ1) is 6.31. The van der Waals surface area contributed by atoms with Crippen molar-refractivity contribution in [3.8, 4) is 0 Å². The molecule has 0 saturated heterocycles. The number of rotatable bonds is 2. The van der Waals surface area contributed by atoms with Gasteiger partial charge in [0, 0.05) is 11.1 Å². The van der Waals surface area contributed by atoms with E-state index in [9.17, 15) is 4.79 Å². The highest BCUT2D eigenvalue weighted by atomic mass is 16.1. The first-order valence-electron chi connectivity index (χ1n) is 3.82. The number of hydrogen-bond donors (Lipinski definition) is 2. The maximum atomic E-state index is 10.2. The number of anilines is 1. The van der Waals surface area contributed by atoms with Gasteiger partial charge in [0.1, 0.15) is 11.3 Å². The molecule has 0 radical (unpaired) electrons. The van der Waals surface area contributed by atoms with Crippen molar-refractivity contribution in [2.75, 3.05) is 5.32 Å². The number of H-pyrrole nitrogens is 1. The van der Waals surface area contributed by atoms with Gasteiger partial charge in [-0.2, -0.15) is 5.10 Å². The van der Waals surface area contributed by atoms with Crippen molar-refractivity contribution in [2.24, 2.45) is 0 Å². The Kier molecular flexibility index (Phi) is 1.70. The number of carbonyl (C=O) groups excluding carboxylic acids is 1. The van der Waals surface area contributed by atoms with Crippen molar-refractivity contribution in [3.05, 3.63) is 18.0 Å². The largest absolute Gasteiger partial charge is 0.313 e. The number of nitrogens with one attached hydrogen (secondary N) is 2. The first kappa shape index (κ1) is 7.72. The molecule has 13 heavy (non-hydrogen) atoms. The highest BCUT2D eigenvalue weighted by molar-refractivity contribution is 5.84. The summed E-state index contributed by atoms with van der Waals surface area (Å²) in [5, 5.41) is 10.3. The van der Waals surface area contributed by atoms with Gasteiger partial charge in [-0.1, -0.05) is 0 Å². The van der Waals surface area contributed by atoms with Crippen LogP contribution in [0.1, 0.15) is 5.69 Å². The van der Waals surface area contributed by atoms with E-state index in [-0.39, 0.29) is 0 Å². The Labute approximate surface area is 74.2 Å². The molecule has 0 spiro atoms. The van der Waals surface area contributed by atoms with E-state index in [4.69, 9.17) is 0 Å². The van der Waals surface area contributed by atoms with E-state index in [2.05, 4.69) is 20.5 Å². The number of aromatic amines is 1. The lowest BCUT2D eigenvalue weighted by Crippen LogP contribution is -1.95. The van der Waals surface area contributed by atoms with Crippen LogP contribution in [0.5, 0.6) is 0 Å². The van der Waals surface area contributed by atoms with Gasteiger partial charge in [-0.3, -0.25) is 9.89 Å². The van der Waals surface area contributed by atoms with Crippen LogP contribution in [0.15, 0.2) is 12.3 Å². The summed E-state index contributed by atoms with van der Waals surface area (Å²) in [4.78, 5) is 14.1. The van der Waals surface area contributed by atoms with Crippen LogP contribution in [0.3, 0.4) is 0 Å². The van der Waals surface area contributed by atoms with Crippen LogP contribution >= 0.6 is 0 Å². The second-order valence-corrected chi connectivity index (χ2v) is 2.70. The Balaban J connectivity index is 2.58. The molecule has 5 nitrogen and oxygen atoms in total. The molecule has 2 heterocycles. The molecular weight excluding hydrogens is 168 g/mol. The summed E-state index contributed by atoms with van der Waals surface area (Å²) in [5.74, 6) is 0.534. The minimum absolute atomic E-state index is 0.534. The average Bonchev–Trinajstić information content (AvgIpc) is 2.49. The van der Waals surface area contributed by atoms with Gasteiger partial charge in [-0.25, -0.2) is 4.98 Å². The lowest BCUT2D eigenvalue weighted by molar-refractivity contribution is -0.105. The Bertz CT molecular complexity index is 448. The minimum Gasteiger partial charge on any atom is -0.313 e. The highest BCUT2D eigenvalue weighted by Crippen LogP contribution is 2.16. The lowest BCUT2D eigenvalue weighted by atomic mass is 10.2. The molecular formula is C8H8N4O. The molecule has 2 aromatic heterocycles. The van der Waals surface area contributed by atoms with Gasteiger partial charge in [0.2, 0.25) is 6.41 Å². The molecule has 0 bridgehead atoms. The normalized spacial score (nSPS) is 10.2. The zero-order valence-electron chi connectivity index (χ0n) is 7.03. The van der Waals surface area contributed by atoms with E-state index < -0.39 is 0 Å². The Hall–Kier alpha value is -1.91. The third-order valence-electron chi connectivity index (χ3n) is 1.84. The standard InChI is InChI=1S/C8H8N4O/c1-5-6-2-8(10-4-13)9-3-7(6)12-11-5/h2-4H,1H3,(H,11,12)(H,9,10,13). The van der Waals surface area contributed by atoms with Crippen molar-refractivity contribution < 1.29 is 4.79 Å². The monoisotopic (exact) mass is 176 g/mol. The molecule has 0 saturated carbocycles. The van der Waals surface area contributed by atoms with Gasteiger partial charge in [-0.15, -0.1) is 0 Å². The number of aryl methyl sites for hydroxylation is 1. The fourth-order valence-corrected chi connectivity index (χ4v) is 1.18. The number of hydrogen-bond acceptors (Lipinski definition) is 3. The van der Waals surface area contributed by atoms with Gasteiger partial charge in [0.15, 0.2) is 0 Å². The average molecular weight is 176 g/mol. The number of fused-ring (bicyclic) bond motifs is 1. The van der Waals surface area contributed by atoms with Crippen molar-refractivity contribution in [1.82, 2.24) is 15.2 Å². The fourth-order valence-electron chi connectivity index (χ4n) is 1.18. The highest BCUT2D eigenvalue weighted by Gasteiger charge is 2.02. The smallest absolute Gasteiger partial charge is 0.212 e. The zero-order chi connectivity index (χ0) is 9.26. The van der Waals surface area contributed by atoms with E-state index >= 15 is 0 Å². The van der Waals surface area contributed by atoms with Crippen LogP contribution in [0, 0.1) is 6.92 Å². The molecule has 2 N–H and O–H groups in total. The quantitative estimate of drug-likeness (QED) is 0.666. The van der Waals surface area contributed by atoms with Gasteiger partial charge in [-0.05, 0) is 13.0 Å². The fraction of sp³-hybridized carbons (Fsp3) is 0.125. The summed E-state index contributed by atoms with van der Waals surface area (Å²) in [7, 11) is 0. The van der Waals surface area contributed by atoms with Crippen LogP contribution in [-0.2, 0) is 4.79 Å². The molecule has 0 aliphatic heterocycles. The number of aromatic nitrogens is 3. The molecule has 2 aromatic rings. The Morgan fingerprint density at radius 1 is 1.62 bits per heavy atom. The predicted molar refractivity (Wildman–Crippen MR) is 48.3 cm³/mol. The summed E-state index contributed by atoms with van der Waals surface area (Å²) in [5.41, 5.74) is 1.76. The predicted octanol–water partition coefficient (Wildman–Crippen LogP) is 0.835. The number of carbonyl (C=O) groups is 1. The van der Waals surface area contributed by atoms with Crippen LogP contribution in [-0.4, -0.2) is 21.6 Å². The zero-order valence-corrected chi connectivity index (χ0v) is 7.03. The third-order valence-corrected chi connectivity index (χ3v) is 1.84. The molecule has 0 aliphatic carbocycles. The Morgan fingerprint density at radius 2 is 2.46 bits per heavy atom. The summed E-state index contributed by atoms with van der Waals surface area (Å²) < 4.78 is 0. The second kappa shape index (κ2) is 2.85. The van der Waals surface area contributed by atoms with Gasteiger partial charge >= 0.3 is 0 Å². The number of pyridine rings is 1. The summed E-state index contributed by atoms with van der Waals surface area (Å²) in [6, 6.07) is 1.78. The number of nitrogens with zero attached hydrogens (tertiary/aromatic N) is 2. The van der Waals surface area contributed by atoms with E-state index in [1.54, 1.807) is 12.3 Å². The van der Waals surface area contributed by atoms with E-state index in [1.165, 1.54) is 0 Å². The molecule has 0 atom stereocenters. The molecule has 0 aliphatic rings. The van der Waals surface area contributed by atoms with Crippen molar-refractivity contribution in [2.45, 2.75) is 6.92 Å². The summed E-state index contributed by atoms with van der Waals surface area (Å²) in [6.07, 6.45) is 2.22. The Morgan fingerprint density at radius 3 is 3.23 bits per heavy atom.